The summed E-state index contributed by atoms with van der Waals surface area (Å²) in [5.74, 6) is 0. The van der Waals surface area contributed by atoms with E-state index in [-0.39, 0.29) is 0 Å². The van der Waals surface area contributed by atoms with Crippen LogP contribution in [0.15, 0.2) is 23.6 Å². The zero-order valence-corrected chi connectivity index (χ0v) is 7.44. The predicted molar refractivity (Wildman–Crippen MR) is 52.6 cm³/mol. The summed E-state index contributed by atoms with van der Waals surface area (Å²) < 4.78 is 0. The second kappa shape index (κ2) is 5.14. The molecule has 0 spiro atoms. The second-order valence-electron chi connectivity index (χ2n) is 2.41. The molecule has 0 N–H and O–H groups in total. The minimum atomic E-state index is 1.04. The molecule has 0 atom stereocenters. The van der Waals surface area contributed by atoms with Gasteiger partial charge in [-0.05, 0) is 30.4 Å². The Morgan fingerprint density at radius 1 is 1.55 bits per heavy atom. The first-order valence-electron chi connectivity index (χ1n) is 3.93. The molecule has 0 saturated carbocycles. The molecule has 0 aliphatic heterocycles. The normalized spacial score (nSPS) is 11.0. The summed E-state index contributed by atoms with van der Waals surface area (Å²) in [6.07, 6.45) is 7.79. The van der Waals surface area contributed by atoms with E-state index in [0.29, 0.717) is 0 Å². The third-order valence-corrected chi connectivity index (χ3v) is 2.28. The molecule has 1 rings (SSSR count). The first-order valence-corrected chi connectivity index (χ1v) is 4.81. The summed E-state index contributed by atoms with van der Waals surface area (Å²) in [5, 5.41) is 2.10. The molecule has 1 aromatic rings. The van der Waals surface area contributed by atoms with Crippen molar-refractivity contribution in [1.82, 2.24) is 0 Å². The fraction of sp³-hybridized carbons (Fsp3) is 0.300. The van der Waals surface area contributed by atoms with Crippen molar-refractivity contribution < 1.29 is 0 Å². The molecule has 0 bridgehead atoms. The van der Waals surface area contributed by atoms with Crippen LogP contribution in [0, 0.1) is 6.92 Å². The SMILES string of the molecule is [CH2]CCC/C=C/c1cccs1. The van der Waals surface area contributed by atoms with Crippen molar-refractivity contribution in [3.05, 3.63) is 35.4 Å². The lowest BCUT2D eigenvalue weighted by atomic mass is 10.2. The predicted octanol–water partition coefficient (Wildman–Crippen LogP) is 3.77. The molecule has 0 aliphatic carbocycles. The van der Waals surface area contributed by atoms with E-state index in [2.05, 4.69) is 36.6 Å². The maximum atomic E-state index is 3.79. The van der Waals surface area contributed by atoms with Crippen LogP contribution in [0.4, 0.5) is 0 Å². The molecule has 1 heteroatoms. The standard InChI is InChI=1S/C10H13S/c1-2-3-4-5-7-10-8-6-9-11-10/h5-9H,1-4H2/b7-5+. The molecule has 0 nitrogen and oxygen atoms in total. The highest BCUT2D eigenvalue weighted by molar-refractivity contribution is 7.10. The summed E-state index contributed by atoms with van der Waals surface area (Å²) in [6, 6.07) is 4.21. The molecule has 1 aromatic heterocycles. The zero-order valence-electron chi connectivity index (χ0n) is 6.62. The van der Waals surface area contributed by atoms with Crippen LogP contribution in [-0.2, 0) is 0 Å². The Hall–Kier alpha value is -0.560. The van der Waals surface area contributed by atoms with Crippen LogP contribution in [-0.4, -0.2) is 0 Å². The van der Waals surface area contributed by atoms with Gasteiger partial charge in [-0.1, -0.05) is 25.5 Å². The fourth-order valence-electron chi connectivity index (χ4n) is 0.848. The number of unbranched alkanes of at least 4 members (excludes halogenated alkanes) is 2. The molecule has 1 radical (unpaired) electrons. The number of rotatable bonds is 4. The van der Waals surface area contributed by atoms with E-state index < -0.39 is 0 Å². The smallest absolute Gasteiger partial charge is 0.0267 e. The monoisotopic (exact) mass is 165 g/mol. The summed E-state index contributed by atoms with van der Waals surface area (Å²) in [4.78, 5) is 1.34. The highest BCUT2D eigenvalue weighted by Gasteiger charge is 1.83. The third-order valence-electron chi connectivity index (χ3n) is 1.45. The van der Waals surface area contributed by atoms with Gasteiger partial charge in [0, 0.05) is 4.88 Å². The van der Waals surface area contributed by atoms with Gasteiger partial charge in [-0.25, -0.2) is 0 Å². The minimum Gasteiger partial charge on any atom is -0.144 e. The minimum absolute atomic E-state index is 1.04. The first-order chi connectivity index (χ1) is 5.43. The van der Waals surface area contributed by atoms with Crippen LogP contribution >= 0.6 is 11.3 Å². The molecule has 0 amide bonds. The van der Waals surface area contributed by atoms with Gasteiger partial charge >= 0.3 is 0 Å². The van der Waals surface area contributed by atoms with Crippen LogP contribution in [0.2, 0.25) is 0 Å². The Morgan fingerprint density at radius 3 is 3.09 bits per heavy atom. The van der Waals surface area contributed by atoms with E-state index >= 15 is 0 Å². The van der Waals surface area contributed by atoms with Crippen molar-refractivity contribution in [3.8, 4) is 0 Å². The van der Waals surface area contributed by atoms with Gasteiger partial charge in [0.15, 0.2) is 0 Å². The van der Waals surface area contributed by atoms with E-state index in [4.69, 9.17) is 0 Å². The Labute approximate surface area is 72.6 Å². The van der Waals surface area contributed by atoms with E-state index in [1.807, 2.05) is 0 Å². The largest absolute Gasteiger partial charge is 0.144 e. The fourth-order valence-corrected chi connectivity index (χ4v) is 1.49. The average molecular weight is 165 g/mol. The van der Waals surface area contributed by atoms with E-state index in [0.717, 1.165) is 12.8 Å². The van der Waals surface area contributed by atoms with Gasteiger partial charge in [-0.2, -0.15) is 0 Å². The third kappa shape index (κ3) is 3.38. The van der Waals surface area contributed by atoms with Crippen LogP contribution in [0.1, 0.15) is 24.1 Å². The highest BCUT2D eigenvalue weighted by Crippen LogP contribution is 2.11. The van der Waals surface area contributed by atoms with Crippen LogP contribution in [0.25, 0.3) is 6.08 Å². The number of thiophene rings is 1. The van der Waals surface area contributed by atoms with E-state index in [1.165, 1.54) is 11.3 Å². The lowest BCUT2D eigenvalue weighted by Crippen LogP contribution is -1.65. The lowest BCUT2D eigenvalue weighted by molar-refractivity contribution is 0.868. The zero-order chi connectivity index (χ0) is 7.94. The Balaban J connectivity index is 2.25. The Kier molecular flexibility index (Phi) is 3.99. The first kappa shape index (κ1) is 8.54. The second-order valence-corrected chi connectivity index (χ2v) is 3.39. The molecule has 59 valence electrons. The lowest BCUT2D eigenvalue weighted by Gasteiger charge is -1.86. The number of hydrogen-bond acceptors (Lipinski definition) is 1. The molecule has 0 fully saturated rings. The molecule has 1 heterocycles. The van der Waals surface area contributed by atoms with Crippen LogP contribution < -0.4 is 0 Å². The molecule has 0 saturated heterocycles. The number of hydrogen-bond donors (Lipinski definition) is 0. The summed E-state index contributed by atoms with van der Waals surface area (Å²) in [5.41, 5.74) is 0. The summed E-state index contributed by atoms with van der Waals surface area (Å²) in [6.45, 7) is 3.79. The Morgan fingerprint density at radius 2 is 2.45 bits per heavy atom. The van der Waals surface area contributed by atoms with Crippen molar-refractivity contribution in [1.29, 1.82) is 0 Å². The van der Waals surface area contributed by atoms with Crippen molar-refractivity contribution >= 4 is 17.4 Å². The van der Waals surface area contributed by atoms with Gasteiger partial charge in [0.25, 0.3) is 0 Å². The molecule has 0 aliphatic rings. The summed E-state index contributed by atoms with van der Waals surface area (Å²) >= 11 is 1.78. The molecule has 11 heavy (non-hydrogen) atoms. The maximum absolute atomic E-state index is 3.79. The quantitative estimate of drug-likeness (QED) is 0.596. The maximum Gasteiger partial charge on any atom is 0.0267 e. The van der Waals surface area contributed by atoms with Crippen molar-refractivity contribution in [2.45, 2.75) is 19.3 Å². The van der Waals surface area contributed by atoms with Gasteiger partial charge in [-0.3, -0.25) is 0 Å². The van der Waals surface area contributed by atoms with Gasteiger partial charge in [0.05, 0.1) is 0 Å². The highest BCUT2D eigenvalue weighted by atomic mass is 32.1. The van der Waals surface area contributed by atoms with Gasteiger partial charge in [0.1, 0.15) is 0 Å². The molecule has 0 unspecified atom stereocenters. The van der Waals surface area contributed by atoms with Crippen molar-refractivity contribution in [2.24, 2.45) is 0 Å². The Bertz CT molecular complexity index is 197. The van der Waals surface area contributed by atoms with Gasteiger partial charge in [0.2, 0.25) is 0 Å². The van der Waals surface area contributed by atoms with Gasteiger partial charge in [-0.15, -0.1) is 11.3 Å². The summed E-state index contributed by atoms with van der Waals surface area (Å²) in [7, 11) is 0. The van der Waals surface area contributed by atoms with E-state index in [1.54, 1.807) is 11.3 Å². The van der Waals surface area contributed by atoms with Gasteiger partial charge < -0.3 is 0 Å². The topological polar surface area (TPSA) is 0 Å². The molecular formula is C10H13S. The van der Waals surface area contributed by atoms with Crippen molar-refractivity contribution in [3.63, 3.8) is 0 Å². The average Bonchev–Trinajstić information content (AvgIpc) is 2.50. The molecule has 0 aromatic carbocycles. The van der Waals surface area contributed by atoms with E-state index in [9.17, 15) is 0 Å². The van der Waals surface area contributed by atoms with Crippen LogP contribution in [0.3, 0.4) is 0 Å². The number of allylic oxidation sites excluding steroid dienone is 1. The molecular weight excluding hydrogens is 152 g/mol. The van der Waals surface area contributed by atoms with Crippen molar-refractivity contribution in [2.75, 3.05) is 0 Å². The van der Waals surface area contributed by atoms with Crippen LogP contribution in [0.5, 0.6) is 0 Å².